The fraction of sp³-hybridized carbons (Fsp3) is 0. The minimum Gasteiger partial charge on any atom is -0.309 e. The van der Waals surface area contributed by atoms with Crippen LogP contribution in [0, 0.1) is 22.7 Å². The summed E-state index contributed by atoms with van der Waals surface area (Å²) in [7, 11) is 0. The summed E-state index contributed by atoms with van der Waals surface area (Å²) in [6.45, 7) is 0. The van der Waals surface area contributed by atoms with Crippen LogP contribution in [0.15, 0.2) is 133 Å². The first-order valence-corrected chi connectivity index (χ1v) is 13.8. The molecule has 0 bridgehead atoms. The van der Waals surface area contributed by atoms with Gasteiger partial charge in [-0.05, 0) is 54.6 Å². The first kappa shape index (κ1) is 23.8. The summed E-state index contributed by atoms with van der Waals surface area (Å²) in [5.41, 5.74) is 9.21. The standard InChI is InChI=1S/C38H22N4/c39-23-25-20-21-36-31(22-25)29-13-3-7-17-34(29)42(36)37-19-9-10-26(24-40)38(37)30-14-4-8-18-35(30)41-32-15-5-1-11-27(32)28-12-2-6-16-33(28)41/h1-22H. The lowest BCUT2D eigenvalue weighted by molar-refractivity contribution is 1.16. The van der Waals surface area contributed by atoms with Gasteiger partial charge in [-0.15, -0.1) is 0 Å². The van der Waals surface area contributed by atoms with E-state index in [9.17, 15) is 10.5 Å². The van der Waals surface area contributed by atoms with Gasteiger partial charge < -0.3 is 9.13 Å². The second-order valence-corrected chi connectivity index (χ2v) is 10.4. The van der Waals surface area contributed by atoms with Crippen molar-refractivity contribution in [2.24, 2.45) is 0 Å². The molecule has 8 aromatic rings. The van der Waals surface area contributed by atoms with Crippen molar-refractivity contribution in [1.29, 1.82) is 10.5 Å². The highest BCUT2D eigenvalue weighted by atomic mass is 15.0. The van der Waals surface area contributed by atoms with Crippen molar-refractivity contribution in [3.05, 3.63) is 145 Å². The molecule has 0 N–H and O–H groups in total. The van der Waals surface area contributed by atoms with Gasteiger partial charge in [0.25, 0.3) is 0 Å². The van der Waals surface area contributed by atoms with E-state index in [4.69, 9.17) is 0 Å². The van der Waals surface area contributed by atoms with E-state index >= 15 is 0 Å². The topological polar surface area (TPSA) is 57.4 Å². The third-order valence-electron chi connectivity index (χ3n) is 8.20. The molecule has 4 nitrogen and oxygen atoms in total. The summed E-state index contributed by atoms with van der Waals surface area (Å²) in [5, 5.41) is 24.5. The van der Waals surface area contributed by atoms with Crippen molar-refractivity contribution in [2.45, 2.75) is 0 Å². The molecule has 0 amide bonds. The Balaban J connectivity index is 1.50. The van der Waals surface area contributed by atoms with Gasteiger partial charge in [-0.1, -0.05) is 78.9 Å². The minimum atomic E-state index is 0.597. The zero-order valence-electron chi connectivity index (χ0n) is 22.5. The Morgan fingerprint density at radius 1 is 0.429 bits per heavy atom. The molecule has 6 aromatic carbocycles. The average molecular weight is 535 g/mol. The second kappa shape index (κ2) is 9.24. The van der Waals surface area contributed by atoms with Crippen LogP contribution in [-0.4, -0.2) is 9.13 Å². The van der Waals surface area contributed by atoms with Crippen LogP contribution in [0.1, 0.15) is 11.1 Å². The molecule has 0 aliphatic rings. The van der Waals surface area contributed by atoms with Crippen molar-refractivity contribution < 1.29 is 0 Å². The van der Waals surface area contributed by atoms with E-state index < -0.39 is 0 Å². The Kier molecular flexibility index (Phi) is 5.22. The van der Waals surface area contributed by atoms with Crippen LogP contribution in [0.5, 0.6) is 0 Å². The van der Waals surface area contributed by atoms with E-state index in [-0.39, 0.29) is 0 Å². The van der Waals surface area contributed by atoms with Crippen LogP contribution in [0.4, 0.5) is 0 Å². The zero-order valence-corrected chi connectivity index (χ0v) is 22.5. The summed E-state index contributed by atoms with van der Waals surface area (Å²) < 4.78 is 4.54. The van der Waals surface area contributed by atoms with Crippen LogP contribution in [0.2, 0.25) is 0 Å². The first-order valence-electron chi connectivity index (χ1n) is 13.8. The van der Waals surface area contributed by atoms with E-state index in [1.54, 1.807) is 0 Å². The maximum atomic E-state index is 10.5. The van der Waals surface area contributed by atoms with Gasteiger partial charge in [-0.3, -0.25) is 0 Å². The lowest BCUT2D eigenvalue weighted by atomic mass is 9.96. The number of nitrogens with zero attached hydrogens (tertiary/aromatic N) is 4. The lowest BCUT2D eigenvalue weighted by Crippen LogP contribution is -2.03. The maximum absolute atomic E-state index is 10.5. The normalized spacial score (nSPS) is 11.3. The molecule has 2 aromatic heterocycles. The summed E-state index contributed by atoms with van der Waals surface area (Å²) in [6, 6.07) is 50.1. The summed E-state index contributed by atoms with van der Waals surface area (Å²) in [4.78, 5) is 0. The van der Waals surface area contributed by atoms with Crippen molar-refractivity contribution in [2.75, 3.05) is 0 Å². The van der Waals surface area contributed by atoms with E-state index in [1.807, 2.05) is 48.5 Å². The number of benzene rings is 6. The number of hydrogen-bond donors (Lipinski definition) is 0. The van der Waals surface area contributed by atoms with Crippen molar-refractivity contribution in [3.63, 3.8) is 0 Å². The Morgan fingerprint density at radius 2 is 0.952 bits per heavy atom. The SMILES string of the molecule is N#Cc1ccc2c(c1)c1ccccc1n2-c1cccc(C#N)c1-c1ccccc1-n1c2ccccc2c2ccccc21. The zero-order chi connectivity index (χ0) is 28.2. The highest BCUT2D eigenvalue weighted by Crippen LogP contribution is 2.41. The van der Waals surface area contributed by atoms with Gasteiger partial charge in [0.05, 0.1) is 56.7 Å². The summed E-state index contributed by atoms with van der Waals surface area (Å²) in [5.74, 6) is 0. The summed E-state index contributed by atoms with van der Waals surface area (Å²) in [6.07, 6.45) is 0. The molecule has 4 heteroatoms. The quantitative estimate of drug-likeness (QED) is 0.227. The number of hydrogen-bond acceptors (Lipinski definition) is 2. The molecule has 0 aliphatic heterocycles. The smallest absolute Gasteiger partial charge is 0.0998 e. The number of nitriles is 2. The predicted octanol–water partition coefficient (Wildman–Crippen LogP) is 9.29. The van der Waals surface area contributed by atoms with E-state index in [1.165, 1.54) is 10.8 Å². The van der Waals surface area contributed by atoms with E-state index in [0.717, 1.165) is 55.3 Å². The molecule has 0 saturated heterocycles. The van der Waals surface area contributed by atoms with Crippen LogP contribution in [0.3, 0.4) is 0 Å². The molecule has 0 fully saturated rings. The van der Waals surface area contributed by atoms with E-state index in [0.29, 0.717) is 11.1 Å². The highest BCUT2D eigenvalue weighted by Gasteiger charge is 2.22. The van der Waals surface area contributed by atoms with Crippen LogP contribution < -0.4 is 0 Å². The molecule has 194 valence electrons. The summed E-state index contributed by atoms with van der Waals surface area (Å²) >= 11 is 0. The van der Waals surface area contributed by atoms with Crippen molar-refractivity contribution in [3.8, 4) is 34.6 Å². The molecule has 2 heterocycles. The fourth-order valence-corrected chi connectivity index (χ4v) is 6.47. The maximum Gasteiger partial charge on any atom is 0.0998 e. The molecule has 0 atom stereocenters. The lowest BCUT2D eigenvalue weighted by Gasteiger charge is -2.19. The van der Waals surface area contributed by atoms with E-state index in [2.05, 4.69) is 106 Å². The molecule has 8 rings (SSSR count). The van der Waals surface area contributed by atoms with Gasteiger partial charge in [0, 0.05) is 32.7 Å². The molecule has 0 radical (unpaired) electrons. The van der Waals surface area contributed by atoms with Gasteiger partial charge >= 0.3 is 0 Å². The Labute approximate surface area is 242 Å². The highest BCUT2D eigenvalue weighted by molar-refractivity contribution is 6.11. The van der Waals surface area contributed by atoms with Crippen LogP contribution in [0.25, 0.3) is 66.1 Å². The van der Waals surface area contributed by atoms with Crippen LogP contribution >= 0.6 is 0 Å². The third kappa shape index (κ3) is 3.33. The number of fused-ring (bicyclic) bond motifs is 6. The Hall–Kier alpha value is -6.10. The third-order valence-corrected chi connectivity index (χ3v) is 8.20. The van der Waals surface area contributed by atoms with Crippen molar-refractivity contribution in [1.82, 2.24) is 9.13 Å². The largest absolute Gasteiger partial charge is 0.309 e. The predicted molar refractivity (Wildman–Crippen MR) is 170 cm³/mol. The van der Waals surface area contributed by atoms with Crippen LogP contribution in [-0.2, 0) is 0 Å². The molecular weight excluding hydrogens is 512 g/mol. The van der Waals surface area contributed by atoms with Gasteiger partial charge in [0.1, 0.15) is 0 Å². The Morgan fingerprint density at radius 3 is 1.60 bits per heavy atom. The van der Waals surface area contributed by atoms with Gasteiger partial charge in [0.15, 0.2) is 0 Å². The van der Waals surface area contributed by atoms with Gasteiger partial charge in [-0.25, -0.2) is 0 Å². The molecule has 0 saturated carbocycles. The minimum absolute atomic E-state index is 0.597. The average Bonchev–Trinajstić information content (AvgIpc) is 3.57. The number of rotatable bonds is 3. The molecule has 0 unspecified atom stereocenters. The fourth-order valence-electron chi connectivity index (χ4n) is 6.47. The van der Waals surface area contributed by atoms with Gasteiger partial charge in [0.2, 0.25) is 0 Å². The van der Waals surface area contributed by atoms with Crippen molar-refractivity contribution >= 4 is 43.6 Å². The second-order valence-electron chi connectivity index (χ2n) is 10.4. The molecule has 0 aliphatic carbocycles. The first-order chi connectivity index (χ1) is 20.8. The molecule has 42 heavy (non-hydrogen) atoms. The molecule has 0 spiro atoms. The van der Waals surface area contributed by atoms with Gasteiger partial charge in [-0.2, -0.15) is 10.5 Å². The Bertz CT molecular complexity index is 2390. The number of para-hydroxylation sites is 4. The molecular formula is C38H22N4. The monoisotopic (exact) mass is 534 g/mol. The number of aromatic nitrogens is 2.